The molecule has 25 heavy (non-hydrogen) atoms. The molecule has 1 N–H and O–H groups in total. The van der Waals surface area contributed by atoms with E-state index in [0.29, 0.717) is 16.9 Å². The zero-order chi connectivity index (χ0) is 18.1. The minimum Gasteiger partial charge on any atom is -0.358 e. The zero-order valence-corrected chi connectivity index (χ0v) is 15.2. The summed E-state index contributed by atoms with van der Waals surface area (Å²) < 4.78 is 2.06. The number of hydrogen-bond acceptors (Lipinski definition) is 5. The van der Waals surface area contributed by atoms with E-state index >= 15 is 0 Å². The van der Waals surface area contributed by atoms with E-state index in [1.807, 2.05) is 6.07 Å². The van der Waals surface area contributed by atoms with Gasteiger partial charge in [-0.25, -0.2) is 0 Å². The number of hydrogen-bond donors (Lipinski definition) is 1. The molecule has 128 valence electrons. The van der Waals surface area contributed by atoms with E-state index in [1.54, 1.807) is 31.3 Å². The van der Waals surface area contributed by atoms with Gasteiger partial charge in [-0.15, -0.1) is 0 Å². The van der Waals surface area contributed by atoms with Crippen molar-refractivity contribution in [2.24, 2.45) is 0 Å². The van der Waals surface area contributed by atoms with Gasteiger partial charge in [-0.1, -0.05) is 33.6 Å². The van der Waals surface area contributed by atoms with Crippen molar-refractivity contribution in [3.8, 4) is 0 Å². The van der Waals surface area contributed by atoms with Gasteiger partial charge in [0.05, 0.1) is 22.0 Å². The molecule has 0 aliphatic carbocycles. The SMILES string of the molecule is Cc1c(Cl)c([N+](=O)[O-])nn1CC(=O)Nc1ccc(Br)c2cccnc12. The molecule has 0 spiro atoms. The summed E-state index contributed by atoms with van der Waals surface area (Å²) >= 11 is 9.32. The number of halogens is 2. The summed E-state index contributed by atoms with van der Waals surface area (Å²) in [6, 6.07) is 7.21. The molecule has 3 aromatic rings. The van der Waals surface area contributed by atoms with Crippen LogP contribution in [0.3, 0.4) is 0 Å². The van der Waals surface area contributed by atoms with Crippen molar-refractivity contribution in [1.82, 2.24) is 14.8 Å². The van der Waals surface area contributed by atoms with Crippen LogP contribution in [0.5, 0.6) is 0 Å². The van der Waals surface area contributed by atoms with Gasteiger partial charge >= 0.3 is 5.82 Å². The van der Waals surface area contributed by atoms with Crippen molar-refractivity contribution in [3.63, 3.8) is 0 Å². The summed E-state index contributed by atoms with van der Waals surface area (Å²) in [7, 11) is 0. The third kappa shape index (κ3) is 3.33. The van der Waals surface area contributed by atoms with Crippen LogP contribution in [0.25, 0.3) is 10.9 Å². The first-order chi connectivity index (χ1) is 11.9. The molecule has 2 aromatic heterocycles. The molecule has 1 amide bonds. The van der Waals surface area contributed by atoms with Crippen molar-refractivity contribution in [3.05, 3.63) is 55.8 Å². The topological polar surface area (TPSA) is 103 Å². The molecule has 0 bridgehead atoms. The maximum atomic E-state index is 12.3. The van der Waals surface area contributed by atoms with Crippen LogP contribution in [0.2, 0.25) is 5.02 Å². The Balaban J connectivity index is 1.86. The highest BCUT2D eigenvalue weighted by Crippen LogP contribution is 2.29. The number of anilines is 1. The normalized spacial score (nSPS) is 10.8. The first-order valence-electron chi connectivity index (χ1n) is 7.09. The fourth-order valence-corrected chi connectivity index (χ4v) is 3.00. The smallest absolute Gasteiger partial charge is 0.358 e. The van der Waals surface area contributed by atoms with Gasteiger partial charge in [0, 0.05) is 16.1 Å². The van der Waals surface area contributed by atoms with Gasteiger partial charge in [-0.3, -0.25) is 9.78 Å². The van der Waals surface area contributed by atoms with Crippen molar-refractivity contribution in [2.75, 3.05) is 5.32 Å². The highest BCUT2D eigenvalue weighted by molar-refractivity contribution is 9.10. The van der Waals surface area contributed by atoms with Gasteiger partial charge in [-0.2, -0.15) is 4.68 Å². The van der Waals surface area contributed by atoms with Crippen LogP contribution >= 0.6 is 27.5 Å². The van der Waals surface area contributed by atoms with E-state index in [2.05, 4.69) is 31.3 Å². The largest absolute Gasteiger partial charge is 0.408 e. The third-order valence-corrected chi connectivity index (χ3v) is 4.71. The molecule has 10 heteroatoms. The number of fused-ring (bicyclic) bond motifs is 1. The van der Waals surface area contributed by atoms with Crippen molar-refractivity contribution >= 4 is 55.8 Å². The molecule has 1 aromatic carbocycles. The molecule has 0 unspecified atom stereocenters. The molecule has 0 aliphatic heterocycles. The number of nitro groups is 1. The van der Waals surface area contributed by atoms with Crippen LogP contribution in [0.15, 0.2) is 34.9 Å². The molecule has 8 nitrogen and oxygen atoms in total. The van der Waals surface area contributed by atoms with Gasteiger partial charge in [-0.05, 0) is 30.0 Å². The average molecular weight is 425 g/mol. The predicted octanol–water partition coefficient (Wildman–Crippen LogP) is 3.70. The fraction of sp³-hybridized carbons (Fsp3) is 0.133. The van der Waals surface area contributed by atoms with E-state index in [0.717, 1.165) is 9.86 Å². The van der Waals surface area contributed by atoms with E-state index in [4.69, 9.17) is 11.6 Å². The first kappa shape index (κ1) is 17.3. The lowest BCUT2D eigenvalue weighted by atomic mass is 10.2. The lowest BCUT2D eigenvalue weighted by Crippen LogP contribution is -2.20. The summed E-state index contributed by atoms with van der Waals surface area (Å²) in [6.45, 7) is 1.36. The monoisotopic (exact) mass is 423 g/mol. The molecule has 0 atom stereocenters. The Labute approximate surface area is 155 Å². The van der Waals surface area contributed by atoms with Gasteiger partial charge in [0.15, 0.2) is 5.02 Å². The Bertz CT molecular complexity index is 1000. The highest BCUT2D eigenvalue weighted by atomic mass is 79.9. The summed E-state index contributed by atoms with van der Waals surface area (Å²) in [5.41, 5.74) is 1.52. The van der Waals surface area contributed by atoms with Crippen LogP contribution in [0.1, 0.15) is 5.69 Å². The van der Waals surface area contributed by atoms with Gasteiger partial charge < -0.3 is 15.4 Å². The molecule has 0 saturated carbocycles. The Kier molecular flexibility index (Phi) is 4.69. The first-order valence-corrected chi connectivity index (χ1v) is 8.26. The molecule has 2 heterocycles. The molecule has 3 rings (SSSR count). The summed E-state index contributed by atoms with van der Waals surface area (Å²) in [5, 5.41) is 18.2. The summed E-state index contributed by atoms with van der Waals surface area (Å²) in [5.74, 6) is -0.867. The molecule has 0 saturated heterocycles. The predicted molar refractivity (Wildman–Crippen MR) is 96.7 cm³/mol. The van der Waals surface area contributed by atoms with Gasteiger partial charge in [0.1, 0.15) is 6.54 Å². The van der Waals surface area contributed by atoms with Crippen LogP contribution in [-0.4, -0.2) is 25.6 Å². The second kappa shape index (κ2) is 6.77. The number of amides is 1. The van der Waals surface area contributed by atoms with Crippen LogP contribution in [0, 0.1) is 17.0 Å². The Morgan fingerprint density at radius 2 is 2.20 bits per heavy atom. The minimum atomic E-state index is -0.685. The number of pyridine rings is 1. The maximum absolute atomic E-state index is 12.3. The fourth-order valence-electron chi connectivity index (χ4n) is 2.34. The molecular weight excluding hydrogens is 414 g/mol. The lowest BCUT2D eigenvalue weighted by Gasteiger charge is -2.09. The number of carbonyl (C=O) groups is 1. The van der Waals surface area contributed by atoms with Crippen molar-refractivity contribution in [1.29, 1.82) is 0 Å². The van der Waals surface area contributed by atoms with Crippen molar-refractivity contribution in [2.45, 2.75) is 13.5 Å². The van der Waals surface area contributed by atoms with Crippen LogP contribution in [-0.2, 0) is 11.3 Å². The summed E-state index contributed by atoms with van der Waals surface area (Å²) in [6.07, 6.45) is 1.63. The Morgan fingerprint density at radius 1 is 1.44 bits per heavy atom. The van der Waals surface area contributed by atoms with E-state index in [1.165, 1.54) is 4.68 Å². The lowest BCUT2D eigenvalue weighted by molar-refractivity contribution is -0.389. The third-order valence-electron chi connectivity index (χ3n) is 3.57. The second-order valence-corrected chi connectivity index (χ2v) is 6.41. The van der Waals surface area contributed by atoms with Crippen LogP contribution in [0.4, 0.5) is 11.5 Å². The number of rotatable bonds is 4. The number of benzene rings is 1. The van der Waals surface area contributed by atoms with Gasteiger partial charge in [0.2, 0.25) is 5.91 Å². The minimum absolute atomic E-state index is 0.0754. The Morgan fingerprint density at radius 3 is 2.88 bits per heavy atom. The maximum Gasteiger partial charge on any atom is 0.408 e. The van der Waals surface area contributed by atoms with E-state index in [9.17, 15) is 14.9 Å². The van der Waals surface area contributed by atoms with E-state index < -0.39 is 16.6 Å². The second-order valence-electron chi connectivity index (χ2n) is 5.18. The highest BCUT2D eigenvalue weighted by Gasteiger charge is 2.25. The standard InChI is InChI=1S/C15H11BrClN5O3/c1-8-13(17)15(22(24)25)20-21(8)7-12(23)19-11-5-4-10(16)9-3-2-6-18-14(9)11/h2-6H,7H2,1H3,(H,19,23). The van der Waals surface area contributed by atoms with Gasteiger partial charge in [0.25, 0.3) is 0 Å². The number of aromatic nitrogens is 3. The molecule has 0 radical (unpaired) electrons. The number of nitrogens with one attached hydrogen (secondary N) is 1. The Hall–Kier alpha value is -2.52. The number of nitrogens with zero attached hydrogens (tertiary/aromatic N) is 4. The summed E-state index contributed by atoms with van der Waals surface area (Å²) in [4.78, 5) is 26.8. The average Bonchev–Trinajstić information content (AvgIpc) is 2.86. The van der Waals surface area contributed by atoms with E-state index in [-0.39, 0.29) is 11.6 Å². The molecular formula is C15H11BrClN5O3. The number of carbonyl (C=O) groups excluding carboxylic acids is 1. The van der Waals surface area contributed by atoms with Crippen molar-refractivity contribution < 1.29 is 9.72 Å². The molecule has 0 fully saturated rings. The quantitative estimate of drug-likeness (QED) is 0.508. The molecule has 0 aliphatic rings. The van der Waals surface area contributed by atoms with Crippen LogP contribution < -0.4 is 5.32 Å². The zero-order valence-electron chi connectivity index (χ0n) is 12.9.